The molecule has 0 radical (unpaired) electrons. The third-order valence-corrected chi connectivity index (χ3v) is 5.94. The van der Waals surface area contributed by atoms with Crippen molar-refractivity contribution < 1.29 is 4.79 Å². The summed E-state index contributed by atoms with van der Waals surface area (Å²) in [5.74, 6) is 0.0637. The molecule has 0 aromatic heterocycles. The lowest BCUT2D eigenvalue weighted by atomic mass is 10.0. The third kappa shape index (κ3) is 2.80. The Balaban J connectivity index is 1.76. The maximum absolute atomic E-state index is 11.8. The van der Waals surface area contributed by atoms with Gasteiger partial charge in [-0.05, 0) is 62.8 Å². The van der Waals surface area contributed by atoms with E-state index < -0.39 is 0 Å². The second-order valence-corrected chi connectivity index (χ2v) is 7.59. The zero-order chi connectivity index (χ0) is 18.3. The van der Waals surface area contributed by atoms with Crippen LogP contribution in [0.3, 0.4) is 0 Å². The summed E-state index contributed by atoms with van der Waals surface area (Å²) in [5.41, 5.74) is 5.99. The van der Waals surface area contributed by atoms with Crippen LogP contribution in [0.4, 0.5) is 5.69 Å². The number of hydrogen-bond acceptors (Lipinski definition) is 3. The lowest BCUT2D eigenvalue weighted by Gasteiger charge is -2.30. The van der Waals surface area contributed by atoms with Crippen molar-refractivity contribution in [1.29, 1.82) is 0 Å². The maximum atomic E-state index is 11.8. The summed E-state index contributed by atoms with van der Waals surface area (Å²) in [7, 11) is 1.73. The largest absolute Gasteiger partial charge is 0.341 e. The predicted molar refractivity (Wildman–Crippen MR) is 114 cm³/mol. The molecule has 132 valence electrons. The number of carbonyl (C=O) groups excluding carboxylic acids is 1. The molecule has 0 unspecified atom stereocenters. The Hall–Kier alpha value is -2.59. The van der Waals surface area contributed by atoms with Gasteiger partial charge in [0.25, 0.3) is 0 Å². The van der Waals surface area contributed by atoms with E-state index in [-0.39, 0.29) is 5.78 Å². The average Bonchev–Trinajstić information content (AvgIpc) is 2.97. The number of likely N-dealkylation sites (N-methyl/N-ethyl adjacent to an activating group) is 2. The maximum Gasteiger partial charge on any atom is 0.180 e. The first-order chi connectivity index (χ1) is 12.6. The van der Waals surface area contributed by atoms with E-state index in [9.17, 15) is 4.79 Å². The summed E-state index contributed by atoms with van der Waals surface area (Å²) >= 11 is 0. The molecule has 3 aliphatic rings. The molecule has 0 amide bonds. The molecular weight excluding hydrogens is 340 g/mol. The van der Waals surface area contributed by atoms with Crippen molar-refractivity contribution in [3.63, 3.8) is 0 Å². The summed E-state index contributed by atoms with van der Waals surface area (Å²) in [6.45, 7) is 8.18. The molecule has 4 heteroatoms. The quantitative estimate of drug-likeness (QED) is 0.597. The number of nitrogens with zero attached hydrogens (tertiary/aromatic N) is 2. The molecule has 0 atom stereocenters. The Morgan fingerprint density at radius 3 is 2.62 bits per heavy atom. The van der Waals surface area contributed by atoms with Crippen LogP contribution in [-0.4, -0.2) is 33.6 Å². The lowest BCUT2D eigenvalue weighted by molar-refractivity contribution is -0.110. The molecule has 4 rings (SSSR count). The van der Waals surface area contributed by atoms with E-state index >= 15 is 0 Å². The highest BCUT2D eigenvalue weighted by molar-refractivity contribution is 7.99. The highest BCUT2D eigenvalue weighted by Crippen LogP contribution is 2.32. The minimum absolute atomic E-state index is 0.0637. The second kappa shape index (κ2) is 6.61. The fourth-order valence-corrected chi connectivity index (χ4v) is 4.73. The number of hydrogen-bond donors (Lipinski definition) is 0. The first-order valence-electron chi connectivity index (χ1n) is 9.02. The van der Waals surface area contributed by atoms with Crippen molar-refractivity contribution in [3.05, 3.63) is 71.1 Å². The van der Waals surface area contributed by atoms with Crippen LogP contribution in [-0.2, 0) is 4.79 Å². The van der Waals surface area contributed by atoms with Gasteiger partial charge in [-0.1, -0.05) is 17.7 Å². The Bertz CT molecular complexity index is 987. The number of carbonyl (C=O) groups is 1. The van der Waals surface area contributed by atoms with E-state index in [2.05, 4.69) is 67.0 Å². The van der Waals surface area contributed by atoms with Gasteiger partial charge in [-0.25, -0.2) is 0 Å². The predicted octanol–water partition coefficient (Wildman–Crippen LogP) is 4.13. The third-order valence-electron chi connectivity index (χ3n) is 4.82. The van der Waals surface area contributed by atoms with E-state index in [1.54, 1.807) is 23.1 Å². The van der Waals surface area contributed by atoms with Gasteiger partial charge >= 0.3 is 0 Å². The van der Waals surface area contributed by atoms with Gasteiger partial charge in [0.15, 0.2) is 5.78 Å². The molecular formula is C22H22N2OS. The van der Waals surface area contributed by atoms with Crippen LogP contribution in [0, 0.1) is 6.92 Å². The van der Waals surface area contributed by atoms with E-state index in [0.717, 1.165) is 23.7 Å². The Morgan fingerprint density at radius 1 is 1.04 bits per heavy atom. The van der Waals surface area contributed by atoms with Gasteiger partial charge in [-0.3, -0.25) is 4.79 Å². The lowest BCUT2D eigenvalue weighted by Crippen LogP contribution is -2.30. The van der Waals surface area contributed by atoms with E-state index in [1.807, 2.05) is 6.08 Å². The van der Waals surface area contributed by atoms with Gasteiger partial charge in [0.1, 0.15) is 0 Å². The van der Waals surface area contributed by atoms with Crippen LogP contribution in [0.2, 0.25) is 0 Å². The van der Waals surface area contributed by atoms with Crippen molar-refractivity contribution in [2.75, 3.05) is 18.0 Å². The molecule has 0 spiro atoms. The molecule has 2 heterocycles. The standard InChI is InChI=1S/C22H22N2OS/c1-4-23-17(8-7-16-12-15(3)6-10-19(16)23)13-22-24(5-2)20-14-18(25)9-11-21(20)26-22/h6-14H,4-5H2,1-3H3/b17-13-. The molecule has 0 saturated carbocycles. The number of rotatable bonds is 3. The molecule has 0 N–H and O–H groups in total. The molecule has 0 fully saturated rings. The first-order valence-corrected chi connectivity index (χ1v) is 9.83. The smallest absolute Gasteiger partial charge is 0.180 e. The SMILES string of the molecule is CCN1C2=CC(=O)C=CC2=S=C1/C=C1/C=Cc2cc(C)ccc2N1CC. The molecule has 1 aliphatic carbocycles. The molecule has 0 bridgehead atoms. The van der Waals surface area contributed by atoms with Crippen LogP contribution in [0.25, 0.3) is 6.08 Å². The van der Waals surface area contributed by atoms with Crippen LogP contribution < -0.4 is 4.90 Å². The minimum atomic E-state index is 0.0637. The van der Waals surface area contributed by atoms with E-state index in [0.29, 0.717) is 0 Å². The number of aryl methyl sites for hydroxylation is 1. The zero-order valence-corrected chi connectivity index (χ0v) is 16.1. The van der Waals surface area contributed by atoms with Gasteiger partial charge in [0, 0.05) is 30.5 Å². The van der Waals surface area contributed by atoms with Gasteiger partial charge in [-0.2, -0.15) is 0 Å². The first kappa shape index (κ1) is 16.9. The molecule has 0 saturated heterocycles. The average molecular weight is 362 g/mol. The van der Waals surface area contributed by atoms with E-state index in [1.165, 1.54) is 27.5 Å². The highest BCUT2D eigenvalue weighted by Gasteiger charge is 2.25. The number of anilines is 1. The summed E-state index contributed by atoms with van der Waals surface area (Å²) in [6.07, 6.45) is 11.9. The minimum Gasteiger partial charge on any atom is -0.341 e. The highest BCUT2D eigenvalue weighted by atomic mass is 32.1. The molecule has 2 aliphatic heterocycles. The summed E-state index contributed by atoms with van der Waals surface area (Å²) in [6, 6.07) is 6.60. The van der Waals surface area contributed by atoms with Crippen molar-refractivity contribution in [1.82, 2.24) is 4.90 Å². The number of ketones is 1. The summed E-state index contributed by atoms with van der Waals surface area (Å²) in [5, 5.41) is 0. The van der Waals surface area contributed by atoms with Crippen LogP contribution >= 0.6 is 10.9 Å². The fourth-order valence-electron chi connectivity index (χ4n) is 3.58. The normalized spacial score (nSPS) is 19.7. The number of benzene rings is 1. The van der Waals surface area contributed by atoms with Crippen molar-refractivity contribution in [3.8, 4) is 0 Å². The van der Waals surface area contributed by atoms with E-state index in [4.69, 9.17) is 0 Å². The van der Waals surface area contributed by atoms with Crippen LogP contribution in [0.1, 0.15) is 25.0 Å². The van der Waals surface area contributed by atoms with Gasteiger partial charge < -0.3 is 9.80 Å². The fraction of sp³-hybridized carbons (Fsp3) is 0.227. The number of allylic oxidation sites excluding steroid dienone is 4. The molecule has 1 aromatic carbocycles. The Kier molecular flexibility index (Phi) is 4.29. The van der Waals surface area contributed by atoms with Crippen LogP contribution in [0.15, 0.2) is 60.0 Å². The zero-order valence-electron chi connectivity index (χ0n) is 15.3. The Morgan fingerprint density at radius 2 is 1.85 bits per heavy atom. The molecule has 1 aromatic rings. The van der Waals surface area contributed by atoms with Gasteiger partial charge in [0.2, 0.25) is 0 Å². The van der Waals surface area contributed by atoms with Crippen molar-refractivity contribution in [2.45, 2.75) is 20.8 Å². The molecule has 3 nitrogen and oxygen atoms in total. The van der Waals surface area contributed by atoms with Gasteiger partial charge in [-0.15, -0.1) is 10.9 Å². The number of fused-ring (bicyclic) bond motifs is 2. The second-order valence-electron chi connectivity index (χ2n) is 6.52. The van der Waals surface area contributed by atoms with Crippen molar-refractivity contribution in [2.24, 2.45) is 0 Å². The summed E-state index contributed by atoms with van der Waals surface area (Å²) in [4.78, 5) is 18.7. The monoisotopic (exact) mass is 362 g/mol. The van der Waals surface area contributed by atoms with Gasteiger partial charge in [0.05, 0.1) is 15.6 Å². The molecule has 26 heavy (non-hydrogen) atoms. The van der Waals surface area contributed by atoms with Crippen LogP contribution in [0.5, 0.6) is 0 Å². The Labute approximate surface area is 158 Å². The van der Waals surface area contributed by atoms with Crippen molar-refractivity contribution >= 4 is 38.3 Å². The summed E-state index contributed by atoms with van der Waals surface area (Å²) < 4.78 is 0. The topological polar surface area (TPSA) is 23.6 Å².